The number of nitrogens with zero attached hydrogens (tertiary/aromatic N) is 3. The van der Waals surface area contributed by atoms with Gasteiger partial charge in [0, 0.05) is 18.3 Å². The number of aromatic amines is 1. The third kappa shape index (κ3) is 2.65. The van der Waals surface area contributed by atoms with Gasteiger partial charge in [-0.3, -0.25) is 10.3 Å². The molecule has 2 aromatic rings. The maximum atomic E-state index is 8.56. The second-order valence-corrected chi connectivity index (χ2v) is 3.48. The maximum absolute atomic E-state index is 8.56. The van der Waals surface area contributed by atoms with Gasteiger partial charge in [-0.25, -0.2) is 4.98 Å². The van der Waals surface area contributed by atoms with Crippen LogP contribution < -0.4 is 10.6 Å². The largest absolute Gasteiger partial charge is 0.345 e. The molecule has 18 heavy (non-hydrogen) atoms. The van der Waals surface area contributed by atoms with Crippen LogP contribution in [-0.4, -0.2) is 23.0 Å². The zero-order valence-electron chi connectivity index (χ0n) is 9.81. The number of benzene rings is 1. The SMILES string of the molecule is CN=C(NC#N)Nc1cccc(-c2cnc[nH]2)c1. The molecule has 0 radical (unpaired) electrons. The number of H-pyrrole nitrogens is 1. The molecule has 0 spiro atoms. The molecule has 0 atom stereocenters. The lowest BCUT2D eigenvalue weighted by molar-refractivity contribution is 1.21. The Kier molecular flexibility index (Phi) is 3.56. The Hall–Kier alpha value is -2.81. The molecule has 0 bridgehead atoms. The molecule has 90 valence electrons. The Bertz CT molecular complexity index is 579. The first-order valence-electron chi connectivity index (χ1n) is 5.31. The van der Waals surface area contributed by atoms with Crippen molar-refractivity contribution in [3.63, 3.8) is 0 Å². The second-order valence-electron chi connectivity index (χ2n) is 3.48. The van der Waals surface area contributed by atoms with E-state index in [4.69, 9.17) is 5.26 Å². The van der Waals surface area contributed by atoms with E-state index < -0.39 is 0 Å². The number of aliphatic imine (C=N–C) groups is 1. The summed E-state index contributed by atoms with van der Waals surface area (Å²) in [6, 6.07) is 7.72. The van der Waals surface area contributed by atoms with Crippen LogP contribution in [0.1, 0.15) is 0 Å². The monoisotopic (exact) mass is 240 g/mol. The molecule has 2 rings (SSSR count). The second kappa shape index (κ2) is 5.50. The summed E-state index contributed by atoms with van der Waals surface area (Å²) in [5.41, 5.74) is 2.78. The molecule has 0 saturated carbocycles. The smallest absolute Gasteiger partial charge is 0.208 e. The van der Waals surface area contributed by atoms with Crippen LogP contribution in [-0.2, 0) is 0 Å². The third-order valence-electron chi connectivity index (χ3n) is 2.33. The number of hydrogen-bond acceptors (Lipinski definition) is 3. The van der Waals surface area contributed by atoms with Gasteiger partial charge in [-0.2, -0.15) is 5.26 Å². The first-order chi connectivity index (χ1) is 8.83. The molecule has 0 aliphatic carbocycles. The van der Waals surface area contributed by atoms with Gasteiger partial charge in [0.1, 0.15) is 0 Å². The van der Waals surface area contributed by atoms with Crippen LogP contribution in [0, 0.1) is 11.5 Å². The van der Waals surface area contributed by atoms with Crippen molar-refractivity contribution in [1.82, 2.24) is 15.3 Å². The number of rotatable bonds is 2. The molecule has 1 aromatic heterocycles. The topological polar surface area (TPSA) is 88.9 Å². The predicted octanol–water partition coefficient (Wildman–Crippen LogP) is 1.55. The van der Waals surface area contributed by atoms with E-state index in [2.05, 4.69) is 25.6 Å². The van der Waals surface area contributed by atoms with Crippen molar-refractivity contribution in [2.24, 2.45) is 4.99 Å². The highest BCUT2D eigenvalue weighted by Gasteiger charge is 2.02. The Morgan fingerprint density at radius 1 is 1.50 bits per heavy atom. The summed E-state index contributed by atoms with van der Waals surface area (Å²) in [4.78, 5) is 10.9. The van der Waals surface area contributed by atoms with Gasteiger partial charge >= 0.3 is 0 Å². The first-order valence-corrected chi connectivity index (χ1v) is 5.31. The van der Waals surface area contributed by atoms with Crippen LogP contribution in [0.15, 0.2) is 41.8 Å². The Morgan fingerprint density at radius 2 is 2.39 bits per heavy atom. The molecular formula is C12H12N6. The predicted molar refractivity (Wildman–Crippen MR) is 69.8 cm³/mol. The highest BCUT2D eigenvalue weighted by atomic mass is 15.2. The number of aromatic nitrogens is 2. The number of anilines is 1. The molecule has 0 amide bonds. The van der Waals surface area contributed by atoms with E-state index in [-0.39, 0.29) is 0 Å². The summed E-state index contributed by atoms with van der Waals surface area (Å²) in [5.74, 6) is 0.402. The van der Waals surface area contributed by atoms with Crippen LogP contribution >= 0.6 is 0 Å². The summed E-state index contributed by atoms with van der Waals surface area (Å²) in [7, 11) is 1.60. The fourth-order valence-electron chi connectivity index (χ4n) is 1.51. The number of hydrogen-bond donors (Lipinski definition) is 3. The average Bonchev–Trinajstić information content (AvgIpc) is 2.92. The Morgan fingerprint density at radius 3 is 3.06 bits per heavy atom. The zero-order valence-corrected chi connectivity index (χ0v) is 9.81. The quantitative estimate of drug-likeness (QED) is 0.321. The van der Waals surface area contributed by atoms with Gasteiger partial charge in [-0.15, -0.1) is 0 Å². The van der Waals surface area contributed by atoms with Gasteiger partial charge in [-0.05, 0) is 12.1 Å². The first kappa shape index (κ1) is 11.7. The standard InChI is InChI=1S/C12H12N6/c1-14-12(16-7-13)18-10-4-2-3-9(5-10)11-6-15-8-17-11/h2-6,8H,1H3,(H,15,17)(H2,14,16,18). The molecule has 0 aliphatic rings. The van der Waals surface area contributed by atoms with Crippen molar-refractivity contribution in [1.29, 1.82) is 5.26 Å². The fraction of sp³-hybridized carbons (Fsp3) is 0.0833. The van der Waals surface area contributed by atoms with Crippen molar-refractivity contribution in [3.8, 4) is 17.5 Å². The molecular weight excluding hydrogens is 228 g/mol. The third-order valence-corrected chi connectivity index (χ3v) is 2.33. The summed E-state index contributed by atoms with van der Waals surface area (Å²) in [6.45, 7) is 0. The molecule has 0 fully saturated rings. The van der Waals surface area contributed by atoms with E-state index in [1.54, 1.807) is 19.6 Å². The molecule has 1 aromatic carbocycles. The lowest BCUT2D eigenvalue weighted by Crippen LogP contribution is -2.26. The average molecular weight is 240 g/mol. The lowest BCUT2D eigenvalue weighted by Gasteiger charge is -2.08. The van der Waals surface area contributed by atoms with E-state index >= 15 is 0 Å². The molecule has 0 aliphatic heterocycles. The number of nitrogens with one attached hydrogen (secondary N) is 3. The van der Waals surface area contributed by atoms with Gasteiger partial charge < -0.3 is 10.3 Å². The van der Waals surface area contributed by atoms with Crippen molar-refractivity contribution >= 4 is 11.6 Å². The van der Waals surface area contributed by atoms with Gasteiger partial charge in [0.05, 0.1) is 18.2 Å². The number of guanidine groups is 1. The van der Waals surface area contributed by atoms with E-state index in [9.17, 15) is 0 Å². The minimum atomic E-state index is 0.402. The van der Waals surface area contributed by atoms with Crippen molar-refractivity contribution in [2.75, 3.05) is 12.4 Å². The summed E-state index contributed by atoms with van der Waals surface area (Å²) in [6.07, 6.45) is 5.20. The van der Waals surface area contributed by atoms with Crippen LogP contribution in [0.25, 0.3) is 11.3 Å². The van der Waals surface area contributed by atoms with Crippen LogP contribution in [0.2, 0.25) is 0 Å². The van der Waals surface area contributed by atoms with E-state index in [1.165, 1.54) is 0 Å². The van der Waals surface area contributed by atoms with E-state index in [0.717, 1.165) is 16.9 Å². The highest BCUT2D eigenvalue weighted by Crippen LogP contribution is 2.19. The molecule has 0 unspecified atom stereocenters. The van der Waals surface area contributed by atoms with Crippen molar-refractivity contribution in [3.05, 3.63) is 36.8 Å². The minimum Gasteiger partial charge on any atom is -0.345 e. The fourth-order valence-corrected chi connectivity index (χ4v) is 1.51. The minimum absolute atomic E-state index is 0.402. The Balaban J connectivity index is 2.21. The van der Waals surface area contributed by atoms with Crippen molar-refractivity contribution < 1.29 is 0 Å². The zero-order chi connectivity index (χ0) is 12.8. The maximum Gasteiger partial charge on any atom is 0.208 e. The molecule has 6 heteroatoms. The van der Waals surface area contributed by atoms with Crippen molar-refractivity contribution in [2.45, 2.75) is 0 Å². The van der Waals surface area contributed by atoms with E-state index in [1.807, 2.05) is 30.5 Å². The summed E-state index contributed by atoms with van der Waals surface area (Å²) < 4.78 is 0. The molecule has 6 nitrogen and oxygen atoms in total. The van der Waals surface area contributed by atoms with Gasteiger partial charge in [-0.1, -0.05) is 12.1 Å². The van der Waals surface area contributed by atoms with Crippen LogP contribution in [0.3, 0.4) is 0 Å². The van der Waals surface area contributed by atoms with Gasteiger partial charge in [0.25, 0.3) is 0 Å². The molecule has 1 heterocycles. The van der Waals surface area contributed by atoms with Crippen LogP contribution in [0.4, 0.5) is 5.69 Å². The molecule has 3 N–H and O–H groups in total. The Labute approximate surface area is 104 Å². The van der Waals surface area contributed by atoms with Gasteiger partial charge in [0.2, 0.25) is 5.96 Å². The number of nitriles is 1. The highest BCUT2D eigenvalue weighted by molar-refractivity contribution is 5.94. The lowest BCUT2D eigenvalue weighted by atomic mass is 10.1. The van der Waals surface area contributed by atoms with E-state index in [0.29, 0.717) is 5.96 Å². The molecule has 0 saturated heterocycles. The summed E-state index contributed by atoms with van der Waals surface area (Å²) >= 11 is 0. The summed E-state index contributed by atoms with van der Waals surface area (Å²) in [5, 5.41) is 14.0. The van der Waals surface area contributed by atoms with Gasteiger partial charge in [0.15, 0.2) is 6.19 Å². The normalized spacial score (nSPS) is 10.8. The van der Waals surface area contributed by atoms with Crippen LogP contribution in [0.5, 0.6) is 0 Å². The number of imidazole rings is 1.